The van der Waals surface area contributed by atoms with Crippen LogP contribution in [-0.4, -0.2) is 14.5 Å². The Bertz CT molecular complexity index is 2120. The van der Waals surface area contributed by atoms with Crippen LogP contribution in [0.3, 0.4) is 0 Å². The lowest BCUT2D eigenvalue weighted by molar-refractivity contribution is 0.662. The van der Waals surface area contributed by atoms with Crippen LogP contribution in [0.1, 0.15) is 0 Å². The number of hydrogen-bond donors (Lipinski definition) is 0. The molecule has 5 heteroatoms. The lowest BCUT2D eigenvalue weighted by Gasteiger charge is -2.11. The van der Waals surface area contributed by atoms with Crippen molar-refractivity contribution >= 4 is 70.6 Å². The molecule has 4 nitrogen and oxygen atoms in total. The maximum absolute atomic E-state index is 6.45. The van der Waals surface area contributed by atoms with Crippen LogP contribution in [0.2, 0.25) is 0 Å². The summed E-state index contributed by atoms with van der Waals surface area (Å²) in [6.07, 6.45) is 0. The van der Waals surface area contributed by atoms with Crippen LogP contribution in [0.15, 0.2) is 118 Å². The summed E-state index contributed by atoms with van der Waals surface area (Å²) in [5.41, 5.74) is 5.41. The Balaban J connectivity index is 1.57. The predicted octanol–water partition coefficient (Wildman–Crippen LogP) is 9.06. The van der Waals surface area contributed by atoms with Gasteiger partial charge in [-0.05, 0) is 47.2 Å². The number of fused-ring (bicyclic) bond motifs is 7. The molecule has 37 heavy (non-hydrogen) atoms. The highest BCUT2D eigenvalue weighted by Crippen LogP contribution is 2.39. The molecule has 0 amide bonds. The van der Waals surface area contributed by atoms with Gasteiger partial charge in [-0.15, -0.1) is 0 Å². The Morgan fingerprint density at radius 2 is 1.24 bits per heavy atom. The molecule has 0 aliphatic rings. The second kappa shape index (κ2) is 7.76. The first-order valence-corrected chi connectivity index (χ1v) is 12.9. The number of para-hydroxylation sites is 3. The highest BCUT2D eigenvalue weighted by Gasteiger charge is 2.22. The molecular formula is C32H18BrN3O. The van der Waals surface area contributed by atoms with Gasteiger partial charge in [-0.1, -0.05) is 88.7 Å². The molecule has 5 aromatic carbocycles. The van der Waals surface area contributed by atoms with E-state index >= 15 is 0 Å². The fraction of sp³-hybridized carbons (Fsp3) is 0. The summed E-state index contributed by atoms with van der Waals surface area (Å²) in [4.78, 5) is 10.4. The van der Waals surface area contributed by atoms with Gasteiger partial charge in [0.2, 0.25) is 0 Å². The third kappa shape index (κ3) is 3.01. The zero-order valence-corrected chi connectivity index (χ0v) is 21.1. The molecule has 0 aliphatic heterocycles. The van der Waals surface area contributed by atoms with E-state index in [0.717, 1.165) is 54.1 Å². The fourth-order valence-electron chi connectivity index (χ4n) is 5.46. The van der Waals surface area contributed by atoms with Gasteiger partial charge in [-0.25, -0.2) is 9.97 Å². The second-order valence-corrected chi connectivity index (χ2v) is 10.1. The number of aromatic nitrogens is 3. The van der Waals surface area contributed by atoms with Crippen molar-refractivity contribution in [3.63, 3.8) is 0 Å². The van der Waals surface area contributed by atoms with Gasteiger partial charge in [0.25, 0.3) is 0 Å². The Kier molecular flexibility index (Phi) is 4.34. The lowest BCUT2D eigenvalue weighted by Crippen LogP contribution is -2.02. The SMILES string of the molecule is Brc1cc(-c2nc(-n3c4ccccc4c4ccccc43)c3oc4ccccc4c3n2)c2ccccc2c1. The van der Waals surface area contributed by atoms with Crippen molar-refractivity contribution in [3.8, 4) is 17.2 Å². The molecule has 0 bridgehead atoms. The van der Waals surface area contributed by atoms with Crippen LogP contribution in [0.5, 0.6) is 0 Å². The standard InChI is InChI=1S/C32H18BrN3O/c33-20-17-19-9-1-2-10-21(19)25(18-20)31-34-29-24-13-5-8-16-28(24)37-30(29)32(35-31)36-26-14-6-3-11-22(26)23-12-4-7-15-27(23)36/h1-18H. The fourth-order valence-corrected chi connectivity index (χ4v) is 5.93. The van der Waals surface area contributed by atoms with E-state index in [1.165, 1.54) is 10.8 Å². The van der Waals surface area contributed by atoms with Crippen LogP contribution >= 0.6 is 15.9 Å². The van der Waals surface area contributed by atoms with Gasteiger partial charge in [-0.2, -0.15) is 0 Å². The summed E-state index contributed by atoms with van der Waals surface area (Å²) < 4.78 is 9.65. The summed E-state index contributed by atoms with van der Waals surface area (Å²) in [5, 5.41) is 5.56. The smallest absolute Gasteiger partial charge is 0.197 e. The molecule has 0 aliphatic carbocycles. The molecule has 3 heterocycles. The normalized spacial score (nSPS) is 11.9. The molecule has 0 fully saturated rings. The quantitative estimate of drug-likeness (QED) is 0.220. The van der Waals surface area contributed by atoms with Gasteiger partial charge in [0, 0.05) is 26.2 Å². The summed E-state index contributed by atoms with van der Waals surface area (Å²) in [6, 6.07) is 37.5. The minimum Gasteiger partial charge on any atom is -0.450 e. The van der Waals surface area contributed by atoms with Gasteiger partial charge in [0.1, 0.15) is 11.1 Å². The highest BCUT2D eigenvalue weighted by molar-refractivity contribution is 9.10. The van der Waals surface area contributed by atoms with Crippen molar-refractivity contribution in [1.29, 1.82) is 0 Å². The predicted molar refractivity (Wildman–Crippen MR) is 154 cm³/mol. The first-order chi connectivity index (χ1) is 18.3. The number of benzene rings is 5. The first kappa shape index (κ1) is 20.7. The van der Waals surface area contributed by atoms with Crippen LogP contribution in [0, 0.1) is 0 Å². The van der Waals surface area contributed by atoms with Crippen molar-refractivity contribution in [2.45, 2.75) is 0 Å². The van der Waals surface area contributed by atoms with Crippen molar-refractivity contribution in [2.75, 3.05) is 0 Å². The maximum Gasteiger partial charge on any atom is 0.197 e. The Morgan fingerprint density at radius 3 is 2.00 bits per heavy atom. The summed E-state index contributed by atoms with van der Waals surface area (Å²) in [6.45, 7) is 0. The number of nitrogens with zero attached hydrogens (tertiary/aromatic N) is 3. The summed E-state index contributed by atoms with van der Waals surface area (Å²) >= 11 is 3.71. The summed E-state index contributed by atoms with van der Waals surface area (Å²) in [7, 11) is 0. The average molecular weight is 540 g/mol. The molecule has 0 saturated heterocycles. The van der Waals surface area contributed by atoms with Crippen molar-refractivity contribution in [1.82, 2.24) is 14.5 Å². The van der Waals surface area contributed by atoms with Crippen molar-refractivity contribution in [2.24, 2.45) is 0 Å². The molecular weight excluding hydrogens is 522 g/mol. The molecule has 0 unspecified atom stereocenters. The summed E-state index contributed by atoms with van der Waals surface area (Å²) in [5.74, 6) is 1.39. The van der Waals surface area contributed by atoms with Gasteiger partial charge < -0.3 is 4.42 Å². The van der Waals surface area contributed by atoms with Crippen LogP contribution in [0.25, 0.3) is 71.9 Å². The van der Waals surface area contributed by atoms with Gasteiger partial charge in [0.05, 0.1) is 11.0 Å². The monoisotopic (exact) mass is 539 g/mol. The molecule has 8 aromatic rings. The van der Waals surface area contributed by atoms with E-state index in [-0.39, 0.29) is 0 Å². The molecule has 0 radical (unpaired) electrons. The molecule has 3 aromatic heterocycles. The third-order valence-corrected chi connectivity index (χ3v) is 7.52. The van der Waals surface area contributed by atoms with E-state index in [2.05, 4.69) is 111 Å². The maximum atomic E-state index is 6.45. The minimum atomic E-state index is 0.661. The molecule has 0 atom stereocenters. The zero-order chi connectivity index (χ0) is 24.5. The van der Waals surface area contributed by atoms with E-state index < -0.39 is 0 Å². The lowest BCUT2D eigenvalue weighted by atomic mass is 10.0. The molecule has 0 N–H and O–H groups in total. The van der Waals surface area contributed by atoms with E-state index in [9.17, 15) is 0 Å². The first-order valence-electron chi connectivity index (χ1n) is 12.1. The Labute approximate surface area is 219 Å². The van der Waals surface area contributed by atoms with Crippen molar-refractivity contribution < 1.29 is 4.42 Å². The average Bonchev–Trinajstić information content (AvgIpc) is 3.48. The molecule has 0 saturated carbocycles. The molecule has 174 valence electrons. The minimum absolute atomic E-state index is 0.661. The third-order valence-electron chi connectivity index (χ3n) is 7.06. The zero-order valence-electron chi connectivity index (χ0n) is 19.5. The van der Waals surface area contributed by atoms with E-state index in [4.69, 9.17) is 14.4 Å². The molecule has 0 spiro atoms. The van der Waals surface area contributed by atoms with E-state index in [1.54, 1.807) is 0 Å². The van der Waals surface area contributed by atoms with Crippen LogP contribution in [0.4, 0.5) is 0 Å². The van der Waals surface area contributed by atoms with E-state index in [1.807, 2.05) is 18.2 Å². The van der Waals surface area contributed by atoms with Gasteiger partial charge in [0.15, 0.2) is 17.2 Å². The number of hydrogen-bond acceptors (Lipinski definition) is 3. The molecule has 8 rings (SSSR count). The Hall–Kier alpha value is -4.48. The van der Waals surface area contributed by atoms with E-state index in [0.29, 0.717) is 11.4 Å². The number of rotatable bonds is 2. The topological polar surface area (TPSA) is 43.9 Å². The second-order valence-electron chi connectivity index (χ2n) is 9.19. The Morgan fingerprint density at radius 1 is 0.622 bits per heavy atom. The number of halogens is 1. The van der Waals surface area contributed by atoms with Crippen LogP contribution < -0.4 is 0 Å². The van der Waals surface area contributed by atoms with Gasteiger partial charge >= 0.3 is 0 Å². The number of furan rings is 1. The van der Waals surface area contributed by atoms with Gasteiger partial charge in [-0.3, -0.25) is 4.57 Å². The highest BCUT2D eigenvalue weighted by atomic mass is 79.9. The van der Waals surface area contributed by atoms with Crippen molar-refractivity contribution in [3.05, 3.63) is 114 Å². The van der Waals surface area contributed by atoms with Crippen LogP contribution in [-0.2, 0) is 0 Å². The largest absolute Gasteiger partial charge is 0.450 e.